The Bertz CT molecular complexity index is 1190. The lowest BCUT2D eigenvalue weighted by molar-refractivity contribution is -0.151. The van der Waals surface area contributed by atoms with Crippen molar-refractivity contribution in [2.45, 2.75) is 13.0 Å². The Balaban J connectivity index is 1.62. The van der Waals surface area contributed by atoms with Gasteiger partial charge in [0.05, 0.1) is 17.2 Å². The van der Waals surface area contributed by atoms with Crippen LogP contribution in [0.5, 0.6) is 11.5 Å². The zero-order valence-electron chi connectivity index (χ0n) is 17.0. The lowest BCUT2D eigenvalue weighted by Gasteiger charge is -2.18. The Morgan fingerprint density at radius 3 is 2.62 bits per heavy atom. The lowest BCUT2D eigenvalue weighted by atomic mass is 10.1. The number of rotatable bonds is 6. The van der Waals surface area contributed by atoms with Gasteiger partial charge in [-0.2, -0.15) is 0 Å². The number of ketones is 1. The van der Waals surface area contributed by atoms with Crippen LogP contribution in [-0.2, 0) is 9.53 Å². The maximum atomic E-state index is 14.1. The van der Waals surface area contributed by atoms with Crippen molar-refractivity contribution in [3.05, 3.63) is 100 Å². The number of benzene rings is 3. The molecule has 0 aromatic heterocycles. The van der Waals surface area contributed by atoms with Crippen molar-refractivity contribution in [1.82, 2.24) is 0 Å². The molecule has 3 aromatic carbocycles. The molecule has 32 heavy (non-hydrogen) atoms. The third-order valence-corrected chi connectivity index (χ3v) is 5.10. The molecule has 0 amide bonds. The molecule has 0 fully saturated rings. The molecule has 0 spiro atoms. The first-order valence-corrected chi connectivity index (χ1v) is 10.3. The minimum Gasteiger partial charge on any atom is -0.474 e. The molecule has 1 heterocycles. The third kappa shape index (κ3) is 4.36. The first kappa shape index (κ1) is 21.6. The molecule has 5 nitrogen and oxygen atoms in total. The van der Waals surface area contributed by atoms with Gasteiger partial charge in [-0.1, -0.05) is 48.0 Å². The van der Waals surface area contributed by atoms with Crippen molar-refractivity contribution in [1.29, 1.82) is 0 Å². The van der Waals surface area contributed by atoms with Crippen molar-refractivity contribution in [3.8, 4) is 11.5 Å². The Morgan fingerprint density at radius 2 is 1.91 bits per heavy atom. The number of Topliss-reactive ketones (excluding diaryl/α,β-unsaturated/α-hetero) is 1. The summed E-state index contributed by atoms with van der Waals surface area (Å²) in [6.07, 6.45) is 0.282. The molecular formula is C25H18ClFO5. The van der Waals surface area contributed by atoms with Gasteiger partial charge in [0.2, 0.25) is 11.9 Å². The quantitative estimate of drug-likeness (QED) is 0.350. The molecule has 0 bridgehead atoms. The summed E-state index contributed by atoms with van der Waals surface area (Å²) in [5.74, 6) is -1.02. The summed E-state index contributed by atoms with van der Waals surface area (Å²) >= 11 is 6.05. The zero-order valence-corrected chi connectivity index (χ0v) is 17.8. The number of hydrogen-bond donors (Lipinski definition) is 0. The number of halogens is 2. The van der Waals surface area contributed by atoms with E-state index in [2.05, 4.69) is 0 Å². The van der Waals surface area contributed by atoms with Gasteiger partial charge in [0.25, 0.3) is 0 Å². The van der Waals surface area contributed by atoms with E-state index in [9.17, 15) is 14.0 Å². The fourth-order valence-corrected chi connectivity index (χ4v) is 3.47. The topological polar surface area (TPSA) is 61.8 Å². The Morgan fingerprint density at radius 1 is 1.12 bits per heavy atom. The second-order valence-corrected chi connectivity index (χ2v) is 7.30. The highest BCUT2D eigenvalue weighted by molar-refractivity contribution is 6.32. The van der Waals surface area contributed by atoms with Gasteiger partial charge in [0, 0.05) is 17.2 Å². The minimum atomic E-state index is -0.987. The number of hydrogen-bond acceptors (Lipinski definition) is 5. The van der Waals surface area contributed by atoms with Gasteiger partial charge in [-0.3, -0.25) is 4.79 Å². The van der Waals surface area contributed by atoms with Gasteiger partial charge in [-0.25, -0.2) is 9.18 Å². The van der Waals surface area contributed by atoms with E-state index in [1.54, 1.807) is 37.3 Å². The van der Waals surface area contributed by atoms with Crippen LogP contribution >= 0.6 is 11.6 Å². The molecule has 0 radical (unpaired) electrons. The number of esters is 1. The molecule has 0 N–H and O–H groups in total. The fraction of sp³-hybridized carbons (Fsp3) is 0.120. The Hall–Kier alpha value is -3.64. The van der Waals surface area contributed by atoms with Crippen molar-refractivity contribution < 1.29 is 28.2 Å². The van der Waals surface area contributed by atoms with Crippen LogP contribution in [0.4, 0.5) is 4.39 Å². The summed E-state index contributed by atoms with van der Waals surface area (Å²) in [7, 11) is 0. The van der Waals surface area contributed by atoms with Crippen LogP contribution in [0.3, 0.4) is 0 Å². The van der Waals surface area contributed by atoms with Crippen LogP contribution in [0.1, 0.15) is 34.5 Å². The molecule has 1 aliphatic rings. The van der Waals surface area contributed by atoms with Crippen molar-refractivity contribution in [3.63, 3.8) is 0 Å². The van der Waals surface area contributed by atoms with E-state index in [0.29, 0.717) is 16.9 Å². The maximum absolute atomic E-state index is 14.1. The molecule has 0 aliphatic carbocycles. The summed E-state index contributed by atoms with van der Waals surface area (Å²) in [4.78, 5) is 25.2. The third-order valence-electron chi connectivity index (χ3n) is 4.77. The molecule has 3 aromatic rings. The molecule has 7 heteroatoms. The van der Waals surface area contributed by atoms with E-state index in [4.69, 9.17) is 25.8 Å². The SMILES string of the molecule is CCOC(=O)[C@H](Oc1ccc2c(c1)OC(=Cc1c(F)cccc1Cl)C2=O)c1ccccc1. The minimum absolute atomic E-state index is 0.0610. The molecular weight excluding hydrogens is 435 g/mol. The van der Waals surface area contributed by atoms with Crippen LogP contribution in [0, 0.1) is 5.82 Å². The van der Waals surface area contributed by atoms with E-state index in [1.165, 1.54) is 36.4 Å². The van der Waals surface area contributed by atoms with Gasteiger partial charge >= 0.3 is 5.97 Å². The summed E-state index contributed by atoms with van der Waals surface area (Å²) in [5, 5.41) is 0.161. The highest BCUT2D eigenvalue weighted by Crippen LogP contribution is 2.37. The number of fused-ring (bicyclic) bond motifs is 1. The predicted molar refractivity (Wildman–Crippen MR) is 117 cm³/mol. The molecule has 4 rings (SSSR count). The standard InChI is InChI=1S/C25H18ClFO5/c1-2-30-25(29)24(15-7-4-3-5-8-15)31-16-11-12-17-21(13-16)32-22(23(17)28)14-18-19(26)9-6-10-20(18)27/h3-14,24H,2H2,1H3/t24-/m1/s1. The number of carbonyl (C=O) groups excluding carboxylic acids is 2. The van der Waals surface area contributed by atoms with Gasteiger partial charge in [-0.15, -0.1) is 0 Å². The van der Waals surface area contributed by atoms with Gasteiger partial charge in [0.15, 0.2) is 5.76 Å². The molecule has 1 aliphatic heterocycles. The average Bonchev–Trinajstić information content (AvgIpc) is 3.10. The van der Waals surface area contributed by atoms with Crippen LogP contribution in [0.15, 0.2) is 72.5 Å². The van der Waals surface area contributed by atoms with Crippen LogP contribution in [0.2, 0.25) is 5.02 Å². The predicted octanol–water partition coefficient (Wildman–Crippen LogP) is 5.78. The monoisotopic (exact) mass is 452 g/mol. The zero-order chi connectivity index (χ0) is 22.7. The van der Waals surface area contributed by atoms with Crippen LogP contribution in [0.25, 0.3) is 6.08 Å². The summed E-state index contributed by atoms with van der Waals surface area (Å²) in [5.41, 5.74) is 0.981. The fourth-order valence-electron chi connectivity index (χ4n) is 3.25. The van der Waals surface area contributed by atoms with E-state index in [0.717, 1.165) is 0 Å². The van der Waals surface area contributed by atoms with E-state index < -0.39 is 23.7 Å². The normalized spacial score (nSPS) is 14.6. The van der Waals surface area contributed by atoms with Gasteiger partial charge in [-0.05, 0) is 37.3 Å². The molecule has 1 atom stereocenters. The first-order valence-electron chi connectivity index (χ1n) is 9.88. The van der Waals surface area contributed by atoms with Crippen molar-refractivity contribution in [2.24, 2.45) is 0 Å². The highest BCUT2D eigenvalue weighted by atomic mass is 35.5. The average molecular weight is 453 g/mol. The Labute approximate surface area is 189 Å². The lowest BCUT2D eigenvalue weighted by Crippen LogP contribution is -2.21. The summed E-state index contributed by atoms with van der Waals surface area (Å²) in [6.45, 7) is 1.92. The maximum Gasteiger partial charge on any atom is 0.352 e. The smallest absolute Gasteiger partial charge is 0.352 e. The van der Waals surface area contributed by atoms with E-state index in [-0.39, 0.29) is 28.7 Å². The first-order chi connectivity index (χ1) is 15.5. The van der Waals surface area contributed by atoms with E-state index >= 15 is 0 Å². The summed E-state index contributed by atoms with van der Waals surface area (Å²) < 4.78 is 30.8. The second kappa shape index (κ2) is 9.24. The van der Waals surface area contributed by atoms with Gasteiger partial charge < -0.3 is 14.2 Å². The highest BCUT2D eigenvalue weighted by Gasteiger charge is 2.30. The van der Waals surface area contributed by atoms with Crippen LogP contribution in [-0.4, -0.2) is 18.4 Å². The number of ether oxygens (including phenoxy) is 3. The second-order valence-electron chi connectivity index (χ2n) is 6.89. The van der Waals surface area contributed by atoms with Crippen molar-refractivity contribution >= 4 is 29.4 Å². The Kier molecular flexibility index (Phi) is 6.23. The largest absolute Gasteiger partial charge is 0.474 e. The molecule has 162 valence electrons. The van der Waals surface area contributed by atoms with E-state index in [1.807, 2.05) is 6.07 Å². The van der Waals surface area contributed by atoms with Gasteiger partial charge in [0.1, 0.15) is 17.3 Å². The van der Waals surface area contributed by atoms with Crippen molar-refractivity contribution in [2.75, 3.05) is 6.61 Å². The summed E-state index contributed by atoms with van der Waals surface area (Å²) in [6, 6.07) is 17.8. The number of allylic oxidation sites excluding steroid dienone is 1. The van der Waals surface area contributed by atoms with Crippen LogP contribution < -0.4 is 9.47 Å². The molecule has 0 saturated heterocycles. The molecule has 0 saturated carbocycles. The number of carbonyl (C=O) groups is 2. The molecule has 0 unspecified atom stereocenters.